The van der Waals surface area contributed by atoms with Crippen molar-refractivity contribution in [2.75, 3.05) is 6.61 Å². The summed E-state index contributed by atoms with van der Waals surface area (Å²) < 4.78 is 11.0. The Hall–Kier alpha value is -1.66. The molecule has 1 aliphatic carbocycles. The highest BCUT2D eigenvalue weighted by Crippen LogP contribution is 2.31. The molecule has 2 aromatic heterocycles. The third kappa shape index (κ3) is 3.26. The van der Waals surface area contributed by atoms with E-state index in [-0.39, 0.29) is 12.0 Å². The normalized spacial score (nSPS) is 20.6. The first-order chi connectivity index (χ1) is 11.8. The Morgan fingerprint density at radius 1 is 1.29 bits per heavy atom. The highest BCUT2D eigenvalue weighted by molar-refractivity contribution is 7.12. The van der Waals surface area contributed by atoms with Crippen LogP contribution < -0.4 is 5.32 Å². The summed E-state index contributed by atoms with van der Waals surface area (Å²) in [6, 6.07) is 2.26. The third-order valence-electron chi connectivity index (χ3n) is 4.75. The molecule has 5 nitrogen and oxygen atoms in total. The first-order valence-electron chi connectivity index (χ1n) is 8.75. The van der Waals surface area contributed by atoms with Gasteiger partial charge in [0.1, 0.15) is 6.10 Å². The molecule has 24 heavy (non-hydrogen) atoms. The first-order valence-corrected chi connectivity index (χ1v) is 9.56. The fraction of sp³-hybridized carbons (Fsp3) is 0.556. The Balaban J connectivity index is 1.41. The van der Waals surface area contributed by atoms with Crippen LogP contribution in [0.5, 0.6) is 0 Å². The van der Waals surface area contributed by atoms with Gasteiger partial charge in [-0.15, -0.1) is 11.3 Å². The highest BCUT2D eigenvalue weighted by Gasteiger charge is 2.28. The van der Waals surface area contributed by atoms with Crippen LogP contribution in [0.2, 0.25) is 0 Å². The largest absolute Gasteiger partial charge is 0.445 e. The zero-order chi connectivity index (χ0) is 16.4. The summed E-state index contributed by atoms with van der Waals surface area (Å²) in [7, 11) is 0. The van der Waals surface area contributed by atoms with Crippen molar-refractivity contribution in [3.8, 4) is 0 Å². The van der Waals surface area contributed by atoms with Crippen LogP contribution in [0.1, 0.15) is 69.8 Å². The standard InChI is InChI=1S/C18H22N2O3S/c21-18(16-17(23-11-20-16)14-6-4-8-22-14)19-10-13-9-12-5-2-1-3-7-15(12)24-13/h9,11,14H,1-8,10H2,(H,19,21). The van der Waals surface area contributed by atoms with Crippen molar-refractivity contribution < 1.29 is 13.9 Å². The molecule has 1 atom stereocenters. The van der Waals surface area contributed by atoms with Crippen molar-refractivity contribution >= 4 is 17.2 Å². The van der Waals surface area contributed by atoms with E-state index in [2.05, 4.69) is 16.4 Å². The lowest BCUT2D eigenvalue weighted by Gasteiger charge is -2.08. The van der Waals surface area contributed by atoms with Gasteiger partial charge >= 0.3 is 0 Å². The molecule has 0 spiro atoms. The second kappa shape index (κ2) is 7.07. The van der Waals surface area contributed by atoms with Gasteiger partial charge in [0.25, 0.3) is 5.91 Å². The molecule has 2 aliphatic rings. The molecule has 0 aromatic carbocycles. The number of carbonyl (C=O) groups is 1. The summed E-state index contributed by atoms with van der Waals surface area (Å²) in [5.74, 6) is 0.379. The third-order valence-corrected chi connectivity index (χ3v) is 5.99. The molecule has 2 aromatic rings. The Bertz CT molecular complexity index is 692. The second-order valence-corrected chi connectivity index (χ2v) is 7.69. The second-order valence-electron chi connectivity index (χ2n) is 6.47. The van der Waals surface area contributed by atoms with Gasteiger partial charge in [-0.25, -0.2) is 4.98 Å². The topological polar surface area (TPSA) is 64.4 Å². The van der Waals surface area contributed by atoms with Crippen LogP contribution in [0.4, 0.5) is 0 Å². The lowest BCUT2D eigenvalue weighted by Crippen LogP contribution is -2.24. The van der Waals surface area contributed by atoms with Crippen LogP contribution in [0.3, 0.4) is 0 Å². The average Bonchev–Trinajstić information content (AvgIpc) is 3.31. The van der Waals surface area contributed by atoms with Gasteiger partial charge in [0.2, 0.25) is 0 Å². The number of rotatable bonds is 4. The maximum atomic E-state index is 12.5. The summed E-state index contributed by atoms with van der Waals surface area (Å²) in [6.45, 7) is 1.27. The van der Waals surface area contributed by atoms with E-state index in [0.29, 0.717) is 24.6 Å². The van der Waals surface area contributed by atoms with Crippen LogP contribution in [0.25, 0.3) is 0 Å². The predicted octanol–water partition coefficient (Wildman–Crippen LogP) is 3.79. The molecule has 0 saturated carbocycles. The zero-order valence-corrected chi connectivity index (χ0v) is 14.5. The van der Waals surface area contributed by atoms with Crippen molar-refractivity contribution in [1.82, 2.24) is 10.3 Å². The molecule has 128 valence electrons. The number of fused-ring (bicyclic) bond motifs is 1. The number of nitrogens with zero attached hydrogens (tertiary/aromatic N) is 1. The van der Waals surface area contributed by atoms with E-state index in [1.54, 1.807) is 0 Å². The quantitative estimate of drug-likeness (QED) is 0.856. The molecule has 1 aliphatic heterocycles. The Morgan fingerprint density at radius 3 is 3.08 bits per heavy atom. The number of oxazole rings is 1. The summed E-state index contributed by atoms with van der Waals surface area (Å²) >= 11 is 1.83. The minimum Gasteiger partial charge on any atom is -0.445 e. The molecule has 0 radical (unpaired) electrons. The molecule has 1 fully saturated rings. The van der Waals surface area contributed by atoms with Crippen LogP contribution in [0.15, 0.2) is 16.9 Å². The van der Waals surface area contributed by atoms with E-state index in [9.17, 15) is 4.79 Å². The number of aryl methyl sites for hydroxylation is 2. The SMILES string of the molecule is O=C(NCc1cc2c(s1)CCCCC2)c1ncoc1C1CCCO1. The maximum Gasteiger partial charge on any atom is 0.273 e. The van der Waals surface area contributed by atoms with Gasteiger partial charge in [0.05, 0.1) is 6.54 Å². The van der Waals surface area contributed by atoms with Crippen molar-refractivity contribution in [2.45, 2.75) is 57.6 Å². The summed E-state index contributed by atoms with van der Waals surface area (Å²) in [6.07, 6.45) is 9.31. The number of thiophene rings is 1. The maximum absolute atomic E-state index is 12.5. The predicted molar refractivity (Wildman–Crippen MR) is 91.2 cm³/mol. The summed E-state index contributed by atoms with van der Waals surface area (Å²) in [5.41, 5.74) is 1.84. The summed E-state index contributed by atoms with van der Waals surface area (Å²) in [5, 5.41) is 2.98. The number of aromatic nitrogens is 1. The molecule has 1 N–H and O–H groups in total. The van der Waals surface area contributed by atoms with Crippen LogP contribution in [-0.2, 0) is 24.1 Å². The molecule has 1 saturated heterocycles. The highest BCUT2D eigenvalue weighted by atomic mass is 32.1. The number of hydrogen-bond acceptors (Lipinski definition) is 5. The van der Waals surface area contributed by atoms with Crippen molar-refractivity contribution in [3.63, 3.8) is 0 Å². The van der Waals surface area contributed by atoms with E-state index in [0.717, 1.165) is 12.8 Å². The molecule has 3 heterocycles. The van der Waals surface area contributed by atoms with E-state index < -0.39 is 0 Å². The van der Waals surface area contributed by atoms with Crippen LogP contribution >= 0.6 is 11.3 Å². The molecule has 6 heteroatoms. The van der Waals surface area contributed by atoms with Crippen molar-refractivity contribution in [3.05, 3.63) is 39.2 Å². The van der Waals surface area contributed by atoms with Gasteiger partial charge in [0.15, 0.2) is 17.8 Å². The molecule has 1 unspecified atom stereocenters. The monoisotopic (exact) mass is 346 g/mol. The van der Waals surface area contributed by atoms with Gasteiger partial charge in [0, 0.05) is 16.4 Å². The lowest BCUT2D eigenvalue weighted by molar-refractivity contribution is 0.0860. The minimum atomic E-state index is -0.183. The van der Waals surface area contributed by atoms with Gasteiger partial charge in [-0.2, -0.15) is 0 Å². The number of hydrogen-bond donors (Lipinski definition) is 1. The first kappa shape index (κ1) is 15.8. The molecular weight excluding hydrogens is 324 g/mol. The Kier molecular flexibility index (Phi) is 4.67. The minimum absolute atomic E-state index is 0.133. The molecule has 4 rings (SSSR count). The van der Waals surface area contributed by atoms with E-state index in [1.165, 1.54) is 53.8 Å². The Labute approximate surface area is 145 Å². The smallest absolute Gasteiger partial charge is 0.273 e. The number of carbonyl (C=O) groups excluding carboxylic acids is 1. The van der Waals surface area contributed by atoms with Gasteiger partial charge in [-0.1, -0.05) is 6.42 Å². The zero-order valence-electron chi connectivity index (χ0n) is 13.7. The van der Waals surface area contributed by atoms with Gasteiger partial charge in [-0.05, 0) is 50.2 Å². The van der Waals surface area contributed by atoms with Crippen molar-refractivity contribution in [1.29, 1.82) is 0 Å². The molecular formula is C18H22N2O3S. The fourth-order valence-corrected chi connectivity index (χ4v) is 4.71. The van der Waals surface area contributed by atoms with E-state index in [4.69, 9.17) is 9.15 Å². The van der Waals surface area contributed by atoms with Gasteiger partial charge < -0.3 is 14.5 Å². The Morgan fingerprint density at radius 2 is 2.21 bits per heavy atom. The number of ether oxygens (including phenoxy) is 1. The number of amides is 1. The molecule has 0 bridgehead atoms. The summed E-state index contributed by atoms with van der Waals surface area (Å²) in [4.78, 5) is 19.3. The number of nitrogens with one attached hydrogen (secondary N) is 1. The fourth-order valence-electron chi connectivity index (χ4n) is 3.51. The lowest BCUT2D eigenvalue weighted by atomic mass is 10.1. The average molecular weight is 346 g/mol. The van der Waals surface area contributed by atoms with Crippen LogP contribution in [-0.4, -0.2) is 17.5 Å². The van der Waals surface area contributed by atoms with Crippen LogP contribution in [0, 0.1) is 0 Å². The van der Waals surface area contributed by atoms with E-state index >= 15 is 0 Å². The van der Waals surface area contributed by atoms with E-state index in [1.807, 2.05) is 11.3 Å². The molecule has 1 amide bonds. The van der Waals surface area contributed by atoms with Gasteiger partial charge in [-0.3, -0.25) is 4.79 Å². The van der Waals surface area contributed by atoms with Crippen molar-refractivity contribution in [2.24, 2.45) is 0 Å².